The van der Waals surface area contributed by atoms with Crippen LogP contribution in [0.1, 0.15) is 34.1 Å². The highest BCUT2D eigenvalue weighted by Crippen LogP contribution is 2.33. The molecule has 0 saturated heterocycles. The van der Waals surface area contributed by atoms with Crippen molar-refractivity contribution >= 4 is 23.5 Å². The summed E-state index contributed by atoms with van der Waals surface area (Å²) < 4.78 is 20.9. The highest BCUT2D eigenvalue weighted by Gasteiger charge is 2.35. The topological polar surface area (TPSA) is 120 Å². The maximum absolute atomic E-state index is 12.9. The van der Waals surface area contributed by atoms with Gasteiger partial charge in [0.25, 0.3) is 11.8 Å². The van der Waals surface area contributed by atoms with Crippen molar-refractivity contribution in [1.82, 2.24) is 10.3 Å². The number of hydrogen-bond acceptors (Lipinski definition) is 8. The molecule has 2 amide bonds. The highest BCUT2D eigenvalue weighted by molar-refractivity contribution is 6.03. The van der Waals surface area contributed by atoms with Crippen LogP contribution in [0.2, 0.25) is 0 Å². The highest BCUT2D eigenvalue weighted by atomic mass is 16.5. The summed E-state index contributed by atoms with van der Waals surface area (Å²) in [5.41, 5.74) is 1.88. The van der Waals surface area contributed by atoms with Crippen molar-refractivity contribution in [2.45, 2.75) is 12.5 Å². The normalized spacial score (nSPS) is 14.7. The van der Waals surface area contributed by atoms with Crippen molar-refractivity contribution in [2.75, 3.05) is 27.4 Å². The van der Waals surface area contributed by atoms with Crippen LogP contribution in [0.15, 0.2) is 76.4 Å². The predicted molar refractivity (Wildman–Crippen MR) is 129 cm³/mol. The molecule has 1 unspecified atom stereocenters. The molecule has 186 valence electrons. The zero-order valence-electron chi connectivity index (χ0n) is 19.8. The van der Waals surface area contributed by atoms with E-state index in [1.807, 2.05) is 24.3 Å². The number of carbonyl (C=O) groups excluding carboxylic acids is 3. The first-order valence-corrected chi connectivity index (χ1v) is 11.1. The first kappa shape index (κ1) is 24.5. The molecular weight excluding hydrogens is 466 g/mol. The number of hydrogen-bond donors (Lipinski definition) is 1. The average Bonchev–Trinajstić information content (AvgIpc) is 3.61. The van der Waals surface area contributed by atoms with Gasteiger partial charge in [-0.15, -0.1) is 0 Å². The van der Waals surface area contributed by atoms with Gasteiger partial charge in [0, 0.05) is 12.0 Å². The fourth-order valence-corrected chi connectivity index (χ4v) is 3.66. The van der Waals surface area contributed by atoms with E-state index in [9.17, 15) is 14.4 Å². The molecule has 3 aromatic rings. The Morgan fingerprint density at radius 2 is 1.67 bits per heavy atom. The Bertz CT molecular complexity index is 1240. The Morgan fingerprint density at radius 3 is 2.28 bits per heavy atom. The molecule has 4 rings (SSSR count). The van der Waals surface area contributed by atoms with Gasteiger partial charge in [0.05, 0.1) is 26.2 Å². The summed E-state index contributed by atoms with van der Waals surface area (Å²) in [5, 5.41) is 8.22. The van der Waals surface area contributed by atoms with Crippen molar-refractivity contribution in [3.8, 4) is 11.5 Å². The van der Waals surface area contributed by atoms with Crippen LogP contribution in [0, 0.1) is 0 Å². The van der Waals surface area contributed by atoms with Gasteiger partial charge >= 0.3 is 5.97 Å². The molecule has 2 aromatic carbocycles. The van der Waals surface area contributed by atoms with E-state index < -0.39 is 30.4 Å². The van der Waals surface area contributed by atoms with E-state index in [-0.39, 0.29) is 6.54 Å². The zero-order chi connectivity index (χ0) is 25.5. The van der Waals surface area contributed by atoms with Crippen LogP contribution in [-0.2, 0) is 14.3 Å². The molecule has 1 N–H and O–H groups in total. The summed E-state index contributed by atoms with van der Waals surface area (Å²) >= 11 is 0. The third-order valence-electron chi connectivity index (χ3n) is 5.56. The second-order valence-corrected chi connectivity index (χ2v) is 7.82. The Hall–Kier alpha value is -4.60. The second kappa shape index (κ2) is 11.2. The lowest BCUT2D eigenvalue weighted by molar-refractivity contribution is -0.152. The molecule has 0 aliphatic carbocycles. The zero-order valence-corrected chi connectivity index (χ0v) is 19.8. The van der Waals surface area contributed by atoms with Gasteiger partial charge in [-0.25, -0.2) is 5.01 Å². The largest absolute Gasteiger partial charge is 0.497 e. The van der Waals surface area contributed by atoms with Crippen LogP contribution in [-0.4, -0.2) is 55.9 Å². The molecule has 1 aliphatic heterocycles. The summed E-state index contributed by atoms with van der Waals surface area (Å²) in [4.78, 5) is 37.3. The molecule has 0 fully saturated rings. The fourth-order valence-electron chi connectivity index (χ4n) is 3.66. The Morgan fingerprint density at radius 1 is 1.00 bits per heavy atom. The van der Waals surface area contributed by atoms with Gasteiger partial charge in [-0.1, -0.05) is 0 Å². The maximum atomic E-state index is 12.9. The quantitative estimate of drug-likeness (QED) is 0.457. The number of nitrogens with zero attached hydrogens (tertiary/aromatic N) is 2. The summed E-state index contributed by atoms with van der Waals surface area (Å²) in [7, 11) is 3.11. The third kappa shape index (κ3) is 5.72. The van der Waals surface area contributed by atoms with Crippen molar-refractivity contribution in [1.29, 1.82) is 0 Å². The first-order chi connectivity index (χ1) is 17.5. The molecule has 36 heavy (non-hydrogen) atoms. The molecule has 1 atom stereocenters. The van der Waals surface area contributed by atoms with Gasteiger partial charge in [0.15, 0.2) is 6.61 Å². The number of amides is 2. The van der Waals surface area contributed by atoms with Crippen LogP contribution < -0.4 is 14.8 Å². The van der Waals surface area contributed by atoms with Crippen LogP contribution >= 0.6 is 0 Å². The van der Waals surface area contributed by atoms with Crippen molar-refractivity contribution in [3.63, 3.8) is 0 Å². The predicted octanol–water partition coefficient (Wildman–Crippen LogP) is 2.95. The molecule has 0 saturated carbocycles. The van der Waals surface area contributed by atoms with Gasteiger partial charge < -0.3 is 23.9 Å². The standard InChI is InChI=1S/C26H25N3O7/c1-33-19-9-5-17(6-10-19)21-14-22(23-4-3-13-35-23)29(28-21)24(30)16-36-25(31)15-27-26(32)18-7-11-20(34-2)12-8-18/h3-13,22H,14-16H2,1-2H3,(H,27,32). The lowest BCUT2D eigenvalue weighted by Crippen LogP contribution is -2.34. The van der Waals surface area contributed by atoms with Gasteiger partial charge in [-0.3, -0.25) is 14.4 Å². The first-order valence-electron chi connectivity index (χ1n) is 11.1. The SMILES string of the molecule is COc1ccc(C(=O)NCC(=O)OCC(=O)N2N=C(c3ccc(OC)cc3)CC2c2ccco2)cc1. The summed E-state index contributed by atoms with van der Waals surface area (Å²) in [6, 6.07) is 16.8. The summed E-state index contributed by atoms with van der Waals surface area (Å²) in [6.45, 7) is -0.923. The van der Waals surface area contributed by atoms with Crippen LogP contribution in [0.5, 0.6) is 11.5 Å². The molecule has 0 spiro atoms. The van der Waals surface area contributed by atoms with E-state index in [0.717, 1.165) is 5.56 Å². The summed E-state index contributed by atoms with van der Waals surface area (Å²) in [5.74, 6) is 0.157. The molecule has 0 bridgehead atoms. The molecule has 2 heterocycles. The number of ether oxygens (including phenoxy) is 3. The minimum Gasteiger partial charge on any atom is -0.497 e. The number of benzene rings is 2. The van der Waals surface area contributed by atoms with Crippen molar-refractivity contribution in [3.05, 3.63) is 83.8 Å². The number of esters is 1. The van der Waals surface area contributed by atoms with Crippen molar-refractivity contribution < 1.29 is 33.0 Å². The van der Waals surface area contributed by atoms with Gasteiger partial charge in [-0.05, 0) is 66.2 Å². The Kier molecular flexibility index (Phi) is 7.64. The second-order valence-electron chi connectivity index (χ2n) is 7.82. The number of carbonyl (C=O) groups is 3. The van der Waals surface area contributed by atoms with Crippen LogP contribution in [0.4, 0.5) is 0 Å². The molecular formula is C26H25N3O7. The van der Waals surface area contributed by atoms with Gasteiger partial charge in [0.1, 0.15) is 29.8 Å². The Balaban J connectivity index is 1.35. The van der Waals surface area contributed by atoms with Crippen LogP contribution in [0.25, 0.3) is 0 Å². The summed E-state index contributed by atoms with van der Waals surface area (Å²) in [6.07, 6.45) is 1.95. The minimum absolute atomic E-state index is 0.360. The molecule has 10 heteroatoms. The van der Waals surface area contributed by atoms with Gasteiger partial charge in [0.2, 0.25) is 0 Å². The number of furan rings is 1. The lowest BCUT2D eigenvalue weighted by atomic mass is 10.0. The monoisotopic (exact) mass is 491 g/mol. The number of hydrazone groups is 1. The number of methoxy groups -OCH3 is 2. The molecule has 10 nitrogen and oxygen atoms in total. The van der Waals surface area contributed by atoms with Crippen molar-refractivity contribution in [2.24, 2.45) is 5.10 Å². The average molecular weight is 492 g/mol. The fraction of sp³-hybridized carbons (Fsp3) is 0.231. The number of rotatable bonds is 9. The molecule has 1 aromatic heterocycles. The van der Waals surface area contributed by atoms with E-state index in [2.05, 4.69) is 10.4 Å². The number of nitrogens with one attached hydrogen (secondary N) is 1. The Labute approximate surface area is 207 Å². The van der Waals surface area contributed by atoms with Gasteiger partial charge in [-0.2, -0.15) is 5.10 Å². The lowest BCUT2D eigenvalue weighted by Gasteiger charge is -2.19. The molecule has 1 aliphatic rings. The minimum atomic E-state index is -0.752. The smallest absolute Gasteiger partial charge is 0.325 e. The molecule has 0 radical (unpaired) electrons. The van der Waals surface area contributed by atoms with E-state index >= 15 is 0 Å². The van der Waals surface area contributed by atoms with E-state index in [0.29, 0.717) is 35.0 Å². The maximum Gasteiger partial charge on any atom is 0.325 e. The third-order valence-corrected chi connectivity index (χ3v) is 5.56. The van der Waals surface area contributed by atoms with E-state index in [1.165, 1.54) is 18.4 Å². The van der Waals surface area contributed by atoms with Crippen LogP contribution in [0.3, 0.4) is 0 Å². The van der Waals surface area contributed by atoms with E-state index in [1.54, 1.807) is 43.5 Å². The van der Waals surface area contributed by atoms with E-state index in [4.69, 9.17) is 18.6 Å².